The molecule has 1 heterocycles. The maximum absolute atomic E-state index is 11.8. The summed E-state index contributed by atoms with van der Waals surface area (Å²) in [7, 11) is 0. The molecule has 1 fully saturated rings. The van der Waals surface area contributed by atoms with Gasteiger partial charge < -0.3 is 10.0 Å². The van der Waals surface area contributed by atoms with Crippen molar-refractivity contribution in [1.29, 1.82) is 0 Å². The van der Waals surface area contributed by atoms with Crippen molar-refractivity contribution in [2.45, 2.75) is 39.0 Å². The largest absolute Gasteiger partial charge is 0.481 e. The second kappa shape index (κ2) is 5.72. The van der Waals surface area contributed by atoms with E-state index < -0.39 is 11.4 Å². The van der Waals surface area contributed by atoms with Crippen LogP contribution >= 0.6 is 0 Å². The predicted molar refractivity (Wildman–Crippen MR) is 64.2 cm³/mol. The smallest absolute Gasteiger partial charge is 0.311 e. The number of amides is 1. The highest BCUT2D eigenvalue weighted by Gasteiger charge is 2.41. The average molecular weight is 237 g/mol. The number of carboxylic acid groups (broad SMARTS) is 1. The van der Waals surface area contributed by atoms with Crippen LogP contribution in [0.4, 0.5) is 0 Å². The molecule has 1 aliphatic heterocycles. The maximum atomic E-state index is 11.8. The summed E-state index contributed by atoms with van der Waals surface area (Å²) in [5.74, 6) is 1.77. The quantitative estimate of drug-likeness (QED) is 0.582. The highest BCUT2D eigenvalue weighted by Crippen LogP contribution is 2.30. The standard InChI is InChI=1S/C13H19NO3/c1-3-4-5-6-7-11(15)14-9-8-13(2,10-14)12(16)17/h1H,4-10H2,2H3,(H,16,17). The molecular weight excluding hydrogens is 218 g/mol. The molecule has 17 heavy (non-hydrogen) atoms. The number of terminal acetylenes is 1. The first-order chi connectivity index (χ1) is 7.99. The van der Waals surface area contributed by atoms with Crippen LogP contribution in [-0.4, -0.2) is 35.0 Å². The molecular formula is C13H19NO3. The monoisotopic (exact) mass is 237 g/mol. The summed E-state index contributed by atoms with van der Waals surface area (Å²) in [5.41, 5.74) is -0.769. The molecule has 4 nitrogen and oxygen atoms in total. The highest BCUT2D eigenvalue weighted by atomic mass is 16.4. The summed E-state index contributed by atoms with van der Waals surface area (Å²) < 4.78 is 0. The zero-order chi connectivity index (χ0) is 12.9. The van der Waals surface area contributed by atoms with Gasteiger partial charge in [-0.25, -0.2) is 0 Å². The molecule has 0 saturated carbocycles. The molecule has 1 atom stereocenters. The minimum atomic E-state index is -0.819. The fraction of sp³-hybridized carbons (Fsp3) is 0.692. The molecule has 1 unspecified atom stereocenters. The van der Waals surface area contributed by atoms with Crippen LogP contribution in [0.25, 0.3) is 0 Å². The molecule has 0 bridgehead atoms. The maximum Gasteiger partial charge on any atom is 0.311 e. The third kappa shape index (κ3) is 3.48. The predicted octanol–water partition coefficient (Wildman–Crippen LogP) is 1.50. The van der Waals surface area contributed by atoms with Gasteiger partial charge in [0.2, 0.25) is 5.91 Å². The van der Waals surface area contributed by atoms with Crippen molar-refractivity contribution in [2.24, 2.45) is 5.41 Å². The Hall–Kier alpha value is -1.50. The Morgan fingerprint density at radius 1 is 1.47 bits per heavy atom. The summed E-state index contributed by atoms with van der Waals surface area (Å²) in [5, 5.41) is 9.06. The number of unbranched alkanes of at least 4 members (excludes halogenated alkanes) is 2. The zero-order valence-electron chi connectivity index (χ0n) is 10.2. The van der Waals surface area contributed by atoms with Gasteiger partial charge in [0.25, 0.3) is 0 Å². The number of hydrogen-bond acceptors (Lipinski definition) is 2. The van der Waals surface area contributed by atoms with E-state index in [1.165, 1.54) is 0 Å². The Balaban J connectivity index is 2.36. The summed E-state index contributed by atoms with van der Waals surface area (Å²) in [4.78, 5) is 24.5. The van der Waals surface area contributed by atoms with Crippen LogP contribution in [0.3, 0.4) is 0 Å². The number of carbonyl (C=O) groups excluding carboxylic acids is 1. The van der Waals surface area contributed by atoms with Gasteiger partial charge in [0.05, 0.1) is 5.41 Å². The summed E-state index contributed by atoms with van der Waals surface area (Å²) in [6, 6.07) is 0. The van der Waals surface area contributed by atoms with E-state index in [0.717, 1.165) is 12.8 Å². The van der Waals surface area contributed by atoms with Gasteiger partial charge >= 0.3 is 5.97 Å². The Bertz CT molecular complexity index is 345. The third-order valence-corrected chi connectivity index (χ3v) is 3.30. The highest BCUT2D eigenvalue weighted by molar-refractivity contribution is 5.80. The SMILES string of the molecule is C#CCCCCC(=O)N1CCC(C)(C(=O)O)C1. The number of carboxylic acids is 1. The summed E-state index contributed by atoms with van der Waals surface area (Å²) in [6.07, 6.45) is 8.46. The summed E-state index contributed by atoms with van der Waals surface area (Å²) >= 11 is 0. The van der Waals surface area contributed by atoms with Crippen LogP contribution in [0, 0.1) is 17.8 Å². The average Bonchev–Trinajstić information content (AvgIpc) is 2.69. The van der Waals surface area contributed by atoms with Crippen molar-refractivity contribution in [3.63, 3.8) is 0 Å². The van der Waals surface area contributed by atoms with Crippen molar-refractivity contribution < 1.29 is 14.7 Å². The number of nitrogens with zero attached hydrogens (tertiary/aromatic N) is 1. The van der Waals surface area contributed by atoms with Crippen LogP contribution in [0.5, 0.6) is 0 Å². The van der Waals surface area contributed by atoms with Crippen molar-refractivity contribution in [3.8, 4) is 12.3 Å². The Kier molecular flexibility index (Phi) is 4.56. The van der Waals surface area contributed by atoms with Gasteiger partial charge in [-0.3, -0.25) is 9.59 Å². The van der Waals surface area contributed by atoms with E-state index >= 15 is 0 Å². The zero-order valence-corrected chi connectivity index (χ0v) is 10.2. The normalized spacial score (nSPS) is 23.4. The van der Waals surface area contributed by atoms with E-state index in [0.29, 0.717) is 32.4 Å². The molecule has 0 aliphatic carbocycles. The lowest BCUT2D eigenvalue weighted by atomic mass is 9.90. The van der Waals surface area contributed by atoms with Crippen molar-refractivity contribution in [3.05, 3.63) is 0 Å². The summed E-state index contributed by atoms with van der Waals surface area (Å²) in [6.45, 7) is 2.58. The van der Waals surface area contributed by atoms with E-state index in [4.69, 9.17) is 11.5 Å². The first-order valence-corrected chi connectivity index (χ1v) is 5.94. The molecule has 0 aromatic heterocycles. The van der Waals surface area contributed by atoms with Gasteiger partial charge in [-0.05, 0) is 26.2 Å². The van der Waals surface area contributed by atoms with Gasteiger partial charge in [0.1, 0.15) is 0 Å². The van der Waals surface area contributed by atoms with E-state index in [-0.39, 0.29) is 5.91 Å². The van der Waals surface area contributed by atoms with Crippen LogP contribution < -0.4 is 0 Å². The number of aliphatic carboxylic acids is 1. The topological polar surface area (TPSA) is 57.6 Å². The molecule has 0 spiro atoms. The molecule has 1 rings (SSSR count). The molecule has 1 saturated heterocycles. The minimum absolute atomic E-state index is 0.0481. The van der Waals surface area contributed by atoms with Crippen LogP contribution in [-0.2, 0) is 9.59 Å². The lowest BCUT2D eigenvalue weighted by Gasteiger charge is -2.20. The molecule has 1 amide bonds. The lowest BCUT2D eigenvalue weighted by Crippen LogP contribution is -2.34. The van der Waals surface area contributed by atoms with Crippen LogP contribution in [0.15, 0.2) is 0 Å². The Morgan fingerprint density at radius 3 is 2.71 bits per heavy atom. The fourth-order valence-electron chi connectivity index (χ4n) is 2.01. The Labute approximate surface area is 102 Å². The van der Waals surface area contributed by atoms with Gasteiger partial charge in [-0.15, -0.1) is 12.3 Å². The van der Waals surface area contributed by atoms with Gasteiger partial charge in [0, 0.05) is 25.9 Å². The van der Waals surface area contributed by atoms with Gasteiger partial charge in [-0.1, -0.05) is 0 Å². The van der Waals surface area contributed by atoms with Crippen molar-refractivity contribution in [2.75, 3.05) is 13.1 Å². The second-order valence-electron chi connectivity index (χ2n) is 4.84. The molecule has 0 radical (unpaired) electrons. The number of hydrogen-bond donors (Lipinski definition) is 1. The molecule has 1 N–H and O–H groups in total. The van der Waals surface area contributed by atoms with Gasteiger partial charge in [0.15, 0.2) is 0 Å². The van der Waals surface area contributed by atoms with Crippen LogP contribution in [0.1, 0.15) is 39.0 Å². The number of carbonyl (C=O) groups is 2. The molecule has 1 aliphatic rings. The molecule has 4 heteroatoms. The van der Waals surface area contributed by atoms with E-state index in [2.05, 4.69) is 5.92 Å². The lowest BCUT2D eigenvalue weighted by molar-refractivity contribution is -0.147. The van der Waals surface area contributed by atoms with Crippen molar-refractivity contribution >= 4 is 11.9 Å². The van der Waals surface area contributed by atoms with E-state index in [9.17, 15) is 9.59 Å². The first-order valence-electron chi connectivity index (χ1n) is 5.94. The van der Waals surface area contributed by atoms with E-state index in [1.807, 2.05) is 0 Å². The van der Waals surface area contributed by atoms with Crippen LogP contribution in [0.2, 0.25) is 0 Å². The molecule has 94 valence electrons. The fourth-order valence-corrected chi connectivity index (χ4v) is 2.01. The molecule has 0 aromatic carbocycles. The number of rotatable bonds is 5. The molecule has 0 aromatic rings. The van der Waals surface area contributed by atoms with Crippen molar-refractivity contribution in [1.82, 2.24) is 4.90 Å². The second-order valence-corrected chi connectivity index (χ2v) is 4.84. The van der Waals surface area contributed by atoms with Gasteiger partial charge in [-0.2, -0.15) is 0 Å². The first kappa shape index (κ1) is 13.6. The van der Waals surface area contributed by atoms with E-state index in [1.54, 1.807) is 11.8 Å². The minimum Gasteiger partial charge on any atom is -0.481 e. The Morgan fingerprint density at radius 2 is 2.18 bits per heavy atom. The number of likely N-dealkylation sites (tertiary alicyclic amines) is 1. The third-order valence-electron chi connectivity index (χ3n) is 3.30.